The third kappa shape index (κ3) is 5.28. The molecular formula is C14H14F3NO5. The van der Waals surface area contributed by atoms with Crippen LogP contribution in [0.5, 0.6) is 0 Å². The lowest BCUT2D eigenvalue weighted by molar-refractivity contribution is -0.170. The summed E-state index contributed by atoms with van der Waals surface area (Å²) in [7, 11) is 0. The van der Waals surface area contributed by atoms with Gasteiger partial charge in [-0.2, -0.15) is 13.2 Å². The molecule has 0 aliphatic carbocycles. The molecule has 126 valence electrons. The molecule has 0 unspecified atom stereocenters. The van der Waals surface area contributed by atoms with Crippen LogP contribution in [0, 0.1) is 0 Å². The van der Waals surface area contributed by atoms with Crippen LogP contribution in [0.4, 0.5) is 18.9 Å². The smallest absolute Gasteiger partial charge is 0.471 e. The summed E-state index contributed by atoms with van der Waals surface area (Å²) in [4.78, 5) is 33.7. The van der Waals surface area contributed by atoms with E-state index in [9.17, 15) is 27.6 Å². The zero-order chi connectivity index (χ0) is 17.6. The maximum absolute atomic E-state index is 12.6. The van der Waals surface area contributed by atoms with Crippen LogP contribution in [0.3, 0.4) is 0 Å². The number of rotatable bonds is 6. The number of carboxylic acid groups (broad SMARTS) is 1. The summed E-state index contributed by atoms with van der Waals surface area (Å²) in [6, 6.07) is 4.64. The number of alkyl halides is 3. The molecular weight excluding hydrogens is 319 g/mol. The first-order chi connectivity index (χ1) is 10.7. The van der Waals surface area contributed by atoms with Crippen LogP contribution in [-0.2, 0) is 14.3 Å². The molecule has 1 aromatic rings. The van der Waals surface area contributed by atoms with E-state index in [4.69, 9.17) is 9.84 Å². The standard InChI is InChI=1S/C14H14F3NO5/c1-2-23-12(21)9-3-5-10(6-4-9)18(8-7-11(19)20)13(22)14(15,16)17/h3-6H,2,7-8H2,1H3,(H,19,20). The van der Waals surface area contributed by atoms with Gasteiger partial charge in [0.1, 0.15) is 0 Å². The Morgan fingerprint density at radius 1 is 1.17 bits per heavy atom. The summed E-state index contributed by atoms with van der Waals surface area (Å²) in [5.41, 5.74) is -0.0603. The van der Waals surface area contributed by atoms with E-state index < -0.39 is 37.0 Å². The molecule has 1 N–H and O–H groups in total. The molecule has 0 heterocycles. The van der Waals surface area contributed by atoms with Gasteiger partial charge >= 0.3 is 24.0 Å². The summed E-state index contributed by atoms with van der Waals surface area (Å²) in [6.45, 7) is 1.09. The molecule has 9 heteroatoms. The number of halogens is 3. The topological polar surface area (TPSA) is 83.9 Å². The highest BCUT2D eigenvalue weighted by molar-refractivity contribution is 5.98. The van der Waals surface area contributed by atoms with Crippen molar-refractivity contribution in [1.29, 1.82) is 0 Å². The van der Waals surface area contributed by atoms with Crippen molar-refractivity contribution in [3.63, 3.8) is 0 Å². The molecule has 0 saturated carbocycles. The van der Waals surface area contributed by atoms with Gasteiger partial charge in [0.25, 0.3) is 0 Å². The minimum atomic E-state index is -5.14. The molecule has 0 radical (unpaired) electrons. The number of carbonyl (C=O) groups is 3. The fourth-order valence-corrected chi connectivity index (χ4v) is 1.70. The molecule has 23 heavy (non-hydrogen) atoms. The fourth-order valence-electron chi connectivity index (χ4n) is 1.70. The first-order valence-electron chi connectivity index (χ1n) is 6.54. The molecule has 0 bridgehead atoms. The average molecular weight is 333 g/mol. The van der Waals surface area contributed by atoms with Crippen molar-refractivity contribution in [2.75, 3.05) is 18.1 Å². The van der Waals surface area contributed by atoms with Crippen molar-refractivity contribution in [1.82, 2.24) is 0 Å². The minimum absolute atomic E-state index is 0.105. The van der Waals surface area contributed by atoms with Crippen LogP contribution in [-0.4, -0.2) is 42.3 Å². The van der Waals surface area contributed by atoms with Gasteiger partial charge < -0.3 is 14.7 Å². The summed E-state index contributed by atoms with van der Waals surface area (Å²) < 4.78 is 42.5. The molecule has 0 fully saturated rings. The third-order valence-corrected chi connectivity index (χ3v) is 2.73. The van der Waals surface area contributed by atoms with E-state index in [0.717, 1.165) is 12.1 Å². The van der Waals surface area contributed by atoms with Crippen molar-refractivity contribution in [3.05, 3.63) is 29.8 Å². The largest absolute Gasteiger partial charge is 0.481 e. The Labute approximate surface area is 129 Å². The molecule has 1 aromatic carbocycles. The highest BCUT2D eigenvalue weighted by Gasteiger charge is 2.43. The fraction of sp³-hybridized carbons (Fsp3) is 0.357. The molecule has 0 atom stereocenters. The number of hydrogen-bond donors (Lipinski definition) is 1. The summed E-state index contributed by atoms with van der Waals surface area (Å²) in [5, 5.41) is 8.59. The number of hydrogen-bond acceptors (Lipinski definition) is 4. The van der Waals surface area contributed by atoms with Gasteiger partial charge in [-0.1, -0.05) is 0 Å². The van der Waals surface area contributed by atoms with E-state index in [1.54, 1.807) is 6.92 Å². The Bertz CT molecular complexity index is 583. The SMILES string of the molecule is CCOC(=O)c1ccc(N(CCC(=O)O)C(=O)C(F)(F)F)cc1. The van der Waals surface area contributed by atoms with E-state index in [1.165, 1.54) is 12.1 Å². The number of carbonyl (C=O) groups excluding carboxylic acids is 2. The second-order valence-electron chi connectivity index (χ2n) is 4.37. The molecule has 6 nitrogen and oxygen atoms in total. The molecule has 1 amide bonds. The monoisotopic (exact) mass is 333 g/mol. The number of aliphatic carboxylic acids is 1. The number of ether oxygens (including phenoxy) is 1. The number of carboxylic acids is 1. The Morgan fingerprint density at radius 3 is 2.17 bits per heavy atom. The Morgan fingerprint density at radius 2 is 1.74 bits per heavy atom. The van der Waals surface area contributed by atoms with Crippen molar-refractivity contribution >= 4 is 23.5 Å². The predicted molar refractivity (Wildman–Crippen MR) is 73.1 cm³/mol. The molecule has 0 saturated heterocycles. The van der Waals surface area contributed by atoms with Crippen molar-refractivity contribution in [2.24, 2.45) is 0 Å². The third-order valence-electron chi connectivity index (χ3n) is 2.73. The molecule has 0 aromatic heterocycles. The number of benzene rings is 1. The summed E-state index contributed by atoms with van der Waals surface area (Å²) in [5.74, 6) is -4.17. The van der Waals surface area contributed by atoms with Crippen LogP contribution in [0.2, 0.25) is 0 Å². The second kappa shape index (κ2) is 7.61. The van der Waals surface area contributed by atoms with Gasteiger partial charge in [-0.25, -0.2) is 4.79 Å². The highest BCUT2D eigenvalue weighted by Crippen LogP contribution is 2.24. The molecule has 1 rings (SSSR count). The zero-order valence-electron chi connectivity index (χ0n) is 12.1. The minimum Gasteiger partial charge on any atom is -0.481 e. The first-order valence-corrected chi connectivity index (χ1v) is 6.54. The number of nitrogens with zero attached hydrogens (tertiary/aromatic N) is 1. The van der Waals surface area contributed by atoms with Crippen molar-refractivity contribution in [2.45, 2.75) is 19.5 Å². The Hall–Kier alpha value is -2.58. The van der Waals surface area contributed by atoms with Crippen LogP contribution in [0.1, 0.15) is 23.7 Å². The van der Waals surface area contributed by atoms with Crippen molar-refractivity contribution in [3.8, 4) is 0 Å². The van der Waals surface area contributed by atoms with Gasteiger partial charge in [-0.15, -0.1) is 0 Å². The number of amides is 1. The summed E-state index contributed by atoms with van der Waals surface area (Å²) >= 11 is 0. The number of esters is 1. The molecule has 0 aliphatic heterocycles. The molecule has 0 spiro atoms. The van der Waals surface area contributed by atoms with E-state index in [2.05, 4.69) is 0 Å². The lowest BCUT2D eigenvalue weighted by Gasteiger charge is -2.23. The average Bonchev–Trinajstić information content (AvgIpc) is 2.47. The van der Waals surface area contributed by atoms with E-state index in [-0.39, 0.29) is 17.9 Å². The zero-order valence-corrected chi connectivity index (χ0v) is 12.1. The highest BCUT2D eigenvalue weighted by atomic mass is 19.4. The van der Waals surface area contributed by atoms with Gasteiger partial charge in [0.2, 0.25) is 0 Å². The van der Waals surface area contributed by atoms with Gasteiger partial charge in [-0.3, -0.25) is 9.59 Å². The van der Waals surface area contributed by atoms with Crippen LogP contribution < -0.4 is 4.90 Å². The normalized spacial score (nSPS) is 11.0. The van der Waals surface area contributed by atoms with Gasteiger partial charge in [-0.05, 0) is 31.2 Å². The molecule has 0 aliphatic rings. The first kappa shape index (κ1) is 18.5. The predicted octanol–water partition coefficient (Wildman–Crippen LogP) is 2.23. The Balaban J connectivity index is 3.04. The second-order valence-corrected chi connectivity index (χ2v) is 4.37. The van der Waals surface area contributed by atoms with Gasteiger partial charge in [0.05, 0.1) is 18.6 Å². The van der Waals surface area contributed by atoms with Crippen LogP contribution in [0.15, 0.2) is 24.3 Å². The van der Waals surface area contributed by atoms with E-state index in [0.29, 0.717) is 4.90 Å². The maximum atomic E-state index is 12.6. The number of anilines is 1. The lowest BCUT2D eigenvalue weighted by atomic mass is 10.2. The van der Waals surface area contributed by atoms with Crippen LogP contribution >= 0.6 is 0 Å². The summed E-state index contributed by atoms with van der Waals surface area (Å²) in [6.07, 6.45) is -5.79. The maximum Gasteiger partial charge on any atom is 0.471 e. The van der Waals surface area contributed by atoms with Gasteiger partial charge in [0, 0.05) is 12.2 Å². The van der Waals surface area contributed by atoms with Crippen LogP contribution in [0.25, 0.3) is 0 Å². The van der Waals surface area contributed by atoms with E-state index >= 15 is 0 Å². The lowest BCUT2D eigenvalue weighted by Crippen LogP contribution is -2.42. The quantitative estimate of drug-likeness (QED) is 0.807. The van der Waals surface area contributed by atoms with Crippen molar-refractivity contribution < 1.29 is 37.4 Å². The van der Waals surface area contributed by atoms with Gasteiger partial charge in [0.15, 0.2) is 0 Å². The van der Waals surface area contributed by atoms with E-state index in [1.807, 2.05) is 0 Å². The Kier molecular flexibility index (Phi) is 6.11.